The molecule has 0 aromatic carbocycles. The first-order valence-electron chi connectivity index (χ1n) is 6.59. The number of aromatic nitrogens is 1. The van der Waals surface area contributed by atoms with Crippen LogP contribution in [0.2, 0.25) is 0 Å². The summed E-state index contributed by atoms with van der Waals surface area (Å²) in [5.74, 6) is -1.24. The van der Waals surface area contributed by atoms with Crippen molar-refractivity contribution in [3.05, 3.63) is 30.1 Å². The Morgan fingerprint density at radius 1 is 1.35 bits per heavy atom. The van der Waals surface area contributed by atoms with Crippen LogP contribution in [0.25, 0.3) is 0 Å². The van der Waals surface area contributed by atoms with Crippen molar-refractivity contribution in [1.82, 2.24) is 9.71 Å². The second kappa shape index (κ2) is 5.88. The average Bonchev–Trinajstić information content (AvgIpc) is 2.87. The van der Waals surface area contributed by atoms with Gasteiger partial charge in [0, 0.05) is 18.3 Å². The van der Waals surface area contributed by atoms with Gasteiger partial charge in [0.05, 0.1) is 5.75 Å². The maximum absolute atomic E-state index is 12.1. The van der Waals surface area contributed by atoms with Crippen molar-refractivity contribution >= 4 is 16.0 Å². The molecule has 0 saturated heterocycles. The van der Waals surface area contributed by atoms with E-state index in [1.54, 1.807) is 24.4 Å². The number of aryl methyl sites for hydroxylation is 1. The normalized spacial score (nSPS) is 18.0. The van der Waals surface area contributed by atoms with Gasteiger partial charge in [-0.2, -0.15) is 4.72 Å². The van der Waals surface area contributed by atoms with Gasteiger partial charge in [0.1, 0.15) is 5.54 Å². The van der Waals surface area contributed by atoms with Gasteiger partial charge >= 0.3 is 5.97 Å². The van der Waals surface area contributed by atoms with Crippen molar-refractivity contribution in [3.8, 4) is 0 Å². The molecular weight excluding hydrogens is 280 g/mol. The molecule has 0 bridgehead atoms. The molecule has 1 aliphatic carbocycles. The van der Waals surface area contributed by atoms with Gasteiger partial charge in [-0.15, -0.1) is 0 Å². The molecule has 1 saturated carbocycles. The standard InChI is InChI=1S/C13H18N2O4S/c16-12(17)13(7-2-3-8-13)15-20(18,19)10-6-11-5-1-4-9-14-11/h1,4-5,9,15H,2-3,6-8,10H2,(H,16,17). The summed E-state index contributed by atoms with van der Waals surface area (Å²) in [6.45, 7) is 0. The molecule has 0 atom stereocenters. The molecule has 0 spiro atoms. The quantitative estimate of drug-likeness (QED) is 0.815. The number of hydrogen-bond donors (Lipinski definition) is 2. The van der Waals surface area contributed by atoms with Crippen molar-refractivity contribution in [3.63, 3.8) is 0 Å². The van der Waals surface area contributed by atoms with Crippen LogP contribution in [0.5, 0.6) is 0 Å². The zero-order chi connectivity index (χ0) is 14.6. The van der Waals surface area contributed by atoms with Crippen LogP contribution in [-0.2, 0) is 21.2 Å². The Kier molecular flexibility index (Phi) is 4.39. The number of rotatable bonds is 6. The Bertz CT molecular complexity index is 565. The second-order valence-electron chi connectivity index (χ2n) is 5.09. The predicted octanol–water partition coefficient (Wildman–Crippen LogP) is 0.941. The molecule has 0 amide bonds. The smallest absolute Gasteiger partial charge is 0.324 e. The number of carbonyl (C=O) groups is 1. The molecule has 1 aliphatic rings. The molecule has 6 nitrogen and oxygen atoms in total. The summed E-state index contributed by atoms with van der Waals surface area (Å²) < 4.78 is 26.5. The van der Waals surface area contributed by atoms with Gasteiger partial charge in [-0.1, -0.05) is 18.9 Å². The van der Waals surface area contributed by atoms with Crippen molar-refractivity contribution in [2.75, 3.05) is 5.75 Å². The fraction of sp³-hybridized carbons (Fsp3) is 0.538. The van der Waals surface area contributed by atoms with Gasteiger partial charge in [0.25, 0.3) is 0 Å². The minimum absolute atomic E-state index is 0.154. The van der Waals surface area contributed by atoms with E-state index in [1.807, 2.05) is 0 Å². The minimum Gasteiger partial charge on any atom is -0.480 e. The first-order valence-corrected chi connectivity index (χ1v) is 8.24. The van der Waals surface area contributed by atoms with Crippen LogP contribution < -0.4 is 4.72 Å². The largest absolute Gasteiger partial charge is 0.480 e. The third-order valence-corrected chi connectivity index (χ3v) is 5.01. The van der Waals surface area contributed by atoms with E-state index in [9.17, 15) is 18.3 Å². The second-order valence-corrected chi connectivity index (χ2v) is 6.93. The van der Waals surface area contributed by atoms with E-state index in [2.05, 4.69) is 9.71 Å². The van der Waals surface area contributed by atoms with Gasteiger partial charge in [0.2, 0.25) is 10.0 Å². The van der Waals surface area contributed by atoms with Crippen LogP contribution in [0.15, 0.2) is 24.4 Å². The molecule has 7 heteroatoms. The zero-order valence-corrected chi connectivity index (χ0v) is 11.9. The summed E-state index contributed by atoms with van der Waals surface area (Å²) in [5, 5.41) is 9.27. The SMILES string of the molecule is O=C(O)C1(NS(=O)(=O)CCc2ccccn2)CCCC1. The van der Waals surface area contributed by atoms with E-state index in [0.717, 1.165) is 12.8 Å². The number of aliphatic carboxylic acids is 1. The Morgan fingerprint density at radius 3 is 2.60 bits per heavy atom. The molecule has 1 aromatic rings. The molecule has 0 radical (unpaired) electrons. The molecule has 0 aliphatic heterocycles. The van der Waals surface area contributed by atoms with Crippen LogP contribution >= 0.6 is 0 Å². The summed E-state index contributed by atoms with van der Waals surface area (Å²) in [6, 6.07) is 5.30. The highest BCUT2D eigenvalue weighted by molar-refractivity contribution is 7.89. The summed E-state index contributed by atoms with van der Waals surface area (Å²) in [6.07, 6.45) is 4.04. The van der Waals surface area contributed by atoms with Gasteiger partial charge < -0.3 is 5.11 Å². The maximum atomic E-state index is 12.1. The van der Waals surface area contributed by atoms with Crippen molar-refractivity contribution in [1.29, 1.82) is 0 Å². The Hall–Kier alpha value is -1.47. The number of carboxylic acid groups (broad SMARTS) is 1. The highest BCUT2D eigenvalue weighted by Gasteiger charge is 2.44. The van der Waals surface area contributed by atoms with Crippen molar-refractivity contribution in [2.45, 2.75) is 37.6 Å². The van der Waals surface area contributed by atoms with Crippen LogP contribution in [-0.4, -0.2) is 35.8 Å². The third-order valence-electron chi connectivity index (χ3n) is 3.57. The molecule has 2 N–H and O–H groups in total. The maximum Gasteiger partial charge on any atom is 0.324 e. The van der Waals surface area contributed by atoms with E-state index in [-0.39, 0.29) is 12.2 Å². The number of sulfonamides is 1. The number of pyridine rings is 1. The molecule has 1 aromatic heterocycles. The number of hydrogen-bond acceptors (Lipinski definition) is 4. The highest BCUT2D eigenvalue weighted by Crippen LogP contribution is 2.30. The highest BCUT2D eigenvalue weighted by atomic mass is 32.2. The number of nitrogens with zero attached hydrogens (tertiary/aromatic N) is 1. The van der Waals surface area contributed by atoms with Gasteiger partial charge in [-0.3, -0.25) is 9.78 Å². The van der Waals surface area contributed by atoms with E-state index in [4.69, 9.17) is 0 Å². The zero-order valence-electron chi connectivity index (χ0n) is 11.1. The molecule has 110 valence electrons. The summed E-state index contributed by atoms with van der Waals surface area (Å²) in [5.41, 5.74) is -0.642. The number of carboxylic acids is 1. The lowest BCUT2D eigenvalue weighted by molar-refractivity contribution is -0.143. The lowest BCUT2D eigenvalue weighted by Gasteiger charge is -2.24. The van der Waals surface area contributed by atoms with Gasteiger partial charge in [0.15, 0.2) is 0 Å². The molecule has 0 unspecified atom stereocenters. The Morgan fingerprint density at radius 2 is 2.05 bits per heavy atom. The molecule has 1 heterocycles. The molecular formula is C13H18N2O4S. The average molecular weight is 298 g/mol. The summed E-state index contributed by atoms with van der Waals surface area (Å²) in [7, 11) is -3.64. The van der Waals surface area contributed by atoms with Crippen LogP contribution in [0, 0.1) is 0 Å². The van der Waals surface area contributed by atoms with Crippen LogP contribution in [0.3, 0.4) is 0 Å². The Labute approximate surface area is 118 Å². The monoisotopic (exact) mass is 298 g/mol. The lowest BCUT2D eigenvalue weighted by atomic mass is 10.0. The van der Waals surface area contributed by atoms with Crippen molar-refractivity contribution < 1.29 is 18.3 Å². The fourth-order valence-corrected chi connectivity index (χ4v) is 3.94. The number of nitrogens with one attached hydrogen (secondary N) is 1. The summed E-state index contributed by atoms with van der Waals surface area (Å²) in [4.78, 5) is 15.4. The molecule has 1 fully saturated rings. The Balaban J connectivity index is 2.02. The van der Waals surface area contributed by atoms with E-state index < -0.39 is 21.5 Å². The summed E-state index contributed by atoms with van der Waals surface area (Å²) >= 11 is 0. The minimum atomic E-state index is -3.64. The topological polar surface area (TPSA) is 96.4 Å². The predicted molar refractivity (Wildman–Crippen MR) is 73.7 cm³/mol. The van der Waals surface area contributed by atoms with Gasteiger partial charge in [-0.25, -0.2) is 8.42 Å². The van der Waals surface area contributed by atoms with E-state index in [0.29, 0.717) is 18.5 Å². The first kappa shape index (κ1) is 14.9. The van der Waals surface area contributed by atoms with E-state index in [1.165, 1.54) is 0 Å². The molecule has 20 heavy (non-hydrogen) atoms. The van der Waals surface area contributed by atoms with E-state index >= 15 is 0 Å². The van der Waals surface area contributed by atoms with Gasteiger partial charge in [-0.05, 0) is 25.0 Å². The van der Waals surface area contributed by atoms with Crippen LogP contribution in [0.1, 0.15) is 31.4 Å². The van der Waals surface area contributed by atoms with Crippen molar-refractivity contribution in [2.24, 2.45) is 0 Å². The lowest BCUT2D eigenvalue weighted by Crippen LogP contribution is -2.53. The fourth-order valence-electron chi connectivity index (χ4n) is 2.47. The first-order chi connectivity index (χ1) is 9.44. The van der Waals surface area contributed by atoms with Crippen LogP contribution in [0.4, 0.5) is 0 Å². The third kappa shape index (κ3) is 3.55. The molecule has 2 rings (SSSR count).